The van der Waals surface area contributed by atoms with Gasteiger partial charge in [-0.15, -0.1) is 0 Å². The highest BCUT2D eigenvalue weighted by Crippen LogP contribution is 2.31. The van der Waals surface area contributed by atoms with Gasteiger partial charge in [-0.1, -0.05) is 34.1 Å². The van der Waals surface area contributed by atoms with Crippen LogP contribution in [0.4, 0.5) is 0 Å². The van der Waals surface area contributed by atoms with Crippen LogP contribution >= 0.6 is 15.9 Å². The summed E-state index contributed by atoms with van der Waals surface area (Å²) in [5, 5.41) is 6.43. The van der Waals surface area contributed by atoms with Crippen molar-refractivity contribution < 1.29 is 23.8 Å². The molecular weight excluding hydrogens is 466 g/mol. The van der Waals surface area contributed by atoms with E-state index in [9.17, 15) is 9.59 Å². The SMILES string of the molecule is COc1cccc(/C=N\NC(=O)C(=O)NC[C@@H]2CCCO2)c1OCc1ccc(Br)cc1. The molecule has 1 aliphatic rings. The van der Waals surface area contributed by atoms with Crippen LogP contribution in [0.3, 0.4) is 0 Å². The second-order valence-electron chi connectivity index (χ2n) is 6.84. The van der Waals surface area contributed by atoms with Gasteiger partial charge in [0.05, 0.1) is 19.4 Å². The van der Waals surface area contributed by atoms with Crippen molar-refractivity contribution in [1.82, 2.24) is 10.7 Å². The maximum absolute atomic E-state index is 11.9. The molecule has 0 bridgehead atoms. The Morgan fingerprint density at radius 2 is 2.03 bits per heavy atom. The first-order valence-electron chi connectivity index (χ1n) is 9.84. The van der Waals surface area contributed by atoms with Gasteiger partial charge in [0.2, 0.25) is 0 Å². The molecule has 1 fully saturated rings. The van der Waals surface area contributed by atoms with Crippen LogP contribution in [0.15, 0.2) is 52.0 Å². The number of carbonyl (C=O) groups excluding carboxylic acids is 2. The lowest BCUT2D eigenvalue weighted by Gasteiger charge is -2.13. The smallest absolute Gasteiger partial charge is 0.329 e. The molecule has 0 aliphatic carbocycles. The molecule has 2 aromatic carbocycles. The Hall–Kier alpha value is -2.91. The second-order valence-corrected chi connectivity index (χ2v) is 7.75. The summed E-state index contributed by atoms with van der Waals surface area (Å²) in [5.74, 6) is -0.602. The minimum Gasteiger partial charge on any atom is -0.493 e. The number of benzene rings is 2. The predicted octanol–water partition coefficient (Wildman–Crippen LogP) is 2.78. The first-order valence-corrected chi connectivity index (χ1v) is 10.6. The van der Waals surface area contributed by atoms with Crippen LogP contribution in [-0.2, 0) is 20.9 Å². The zero-order valence-electron chi connectivity index (χ0n) is 17.1. The van der Waals surface area contributed by atoms with Crippen molar-refractivity contribution >= 4 is 34.0 Å². The summed E-state index contributed by atoms with van der Waals surface area (Å²) in [5.41, 5.74) is 3.80. The predicted molar refractivity (Wildman–Crippen MR) is 119 cm³/mol. The summed E-state index contributed by atoms with van der Waals surface area (Å²) in [6.45, 7) is 1.32. The lowest BCUT2D eigenvalue weighted by Crippen LogP contribution is -2.41. The van der Waals surface area contributed by atoms with E-state index < -0.39 is 11.8 Å². The largest absolute Gasteiger partial charge is 0.493 e. The van der Waals surface area contributed by atoms with Crippen LogP contribution < -0.4 is 20.2 Å². The zero-order chi connectivity index (χ0) is 22.1. The van der Waals surface area contributed by atoms with Crippen molar-refractivity contribution in [2.75, 3.05) is 20.3 Å². The van der Waals surface area contributed by atoms with Crippen LogP contribution in [-0.4, -0.2) is 44.4 Å². The topological polar surface area (TPSA) is 98.2 Å². The second kappa shape index (κ2) is 11.5. The van der Waals surface area contributed by atoms with Gasteiger partial charge in [-0.2, -0.15) is 5.10 Å². The number of methoxy groups -OCH3 is 1. The van der Waals surface area contributed by atoms with Crippen molar-refractivity contribution in [1.29, 1.82) is 0 Å². The van der Waals surface area contributed by atoms with Crippen molar-refractivity contribution in [3.63, 3.8) is 0 Å². The van der Waals surface area contributed by atoms with E-state index in [-0.39, 0.29) is 6.10 Å². The van der Waals surface area contributed by atoms with Crippen LogP contribution in [0.25, 0.3) is 0 Å². The van der Waals surface area contributed by atoms with Gasteiger partial charge < -0.3 is 19.5 Å². The van der Waals surface area contributed by atoms with Gasteiger partial charge in [0.15, 0.2) is 11.5 Å². The van der Waals surface area contributed by atoms with E-state index in [0.717, 1.165) is 22.9 Å². The quantitative estimate of drug-likeness (QED) is 0.337. The maximum Gasteiger partial charge on any atom is 0.329 e. The Labute approximate surface area is 189 Å². The summed E-state index contributed by atoms with van der Waals surface area (Å²) in [7, 11) is 1.54. The van der Waals surface area contributed by atoms with E-state index in [1.54, 1.807) is 25.3 Å². The number of nitrogens with one attached hydrogen (secondary N) is 2. The molecule has 0 radical (unpaired) electrons. The Bertz CT molecular complexity index is 927. The molecule has 0 saturated carbocycles. The molecule has 164 valence electrons. The summed E-state index contributed by atoms with van der Waals surface area (Å²) in [6, 6.07) is 13.1. The van der Waals surface area contributed by atoms with Gasteiger partial charge in [0.25, 0.3) is 0 Å². The van der Waals surface area contributed by atoms with E-state index in [1.807, 2.05) is 24.3 Å². The number of hydrogen-bond acceptors (Lipinski definition) is 6. The van der Waals surface area contributed by atoms with Gasteiger partial charge in [-0.3, -0.25) is 9.59 Å². The maximum atomic E-state index is 11.9. The number of amides is 2. The number of ether oxygens (including phenoxy) is 3. The molecule has 3 rings (SSSR count). The molecule has 0 unspecified atom stereocenters. The van der Waals surface area contributed by atoms with Crippen molar-refractivity contribution in [2.45, 2.75) is 25.6 Å². The highest BCUT2D eigenvalue weighted by Gasteiger charge is 2.19. The standard InChI is InChI=1S/C22H24BrN3O5/c1-29-19-6-2-4-16(20(19)31-14-15-7-9-17(23)10-8-15)12-25-26-22(28)21(27)24-13-18-5-3-11-30-18/h2,4,6-10,12,18H,3,5,11,13-14H2,1H3,(H,24,27)(H,26,28)/b25-12-/t18-/m0/s1. The molecule has 1 heterocycles. The molecule has 2 aromatic rings. The van der Waals surface area contributed by atoms with Crippen LogP contribution in [0.1, 0.15) is 24.0 Å². The van der Waals surface area contributed by atoms with Crippen LogP contribution in [0.2, 0.25) is 0 Å². The number of rotatable bonds is 8. The summed E-state index contributed by atoms with van der Waals surface area (Å²) in [4.78, 5) is 23.8. The highest BCUT2D eigenvalue weighted by molar-refractivity contribution is 9.10. The fourth-order valence-electron chi connectivity index (χ4n) is 2.99. The molecule has 31 heavy (non-hydrogen) atoms. The van der Waals surface area contributed by atoms with Gasteiger partial charge in [-0.25, -0.2) is 5.43 Å². The molecule has 2 amide bonds. The Morgan fingerprint density at radius 1 is 1.23 bits per heavy atom. The van der Waals surface area contributed by atoms with Crippen molar-refractivity contribution in [3.8, 4) is 11.5 Å². The summed E-state index contributed by atoms with van der Waals surface area (Å²) >= 11 is 3.41. The number of carbonyl (C=O) groups is 2. The number of hydrazone groups is 1. The molecule has 0 aromatic heterocycles. The van der Waals surface area contributed by atoms with E-state index >= 15 is 0 Å². The Morgan fingerprint density at radius 3 is 2.74 bits per heavy atom. The molecule has 8 nitrogen and oxygen atoms in total. The monoisotopic (exact) mass is 489 g/mol. The minimum atomic E-state index is -0.852. The highest BCUT2D eigenvalue weighted by atomic mass is 79.9. The lowest BCUT2D eigenvalue weighted by atomic mass is 10.2. The number of nitrogens with zero attached hydrogens (tertiary/aromatic N) is 1. The average molecular weight is 490 g/mol. The molecule has 1 aliphatic heterocycles. The van der Waals surface area contributed by atoms with E-state index in [2.05, 4.69) is 31.8 Å². The minimum absolute atomic E-state index is 0.0394. The Kier molecular flexibility index (Phi) is 8.43. The third-order valence-corrected chi connectivity index (χ3v) is 5.14. The first-order chi connectivity index (χ1) is 15.1. The normalized spacial score (nSPS) is 15.6. The molecule has 2 N–H and O–H groups in total. The molecular formula is C22H24BrN3O5. The van der Waals surface area contributed by atoms with Crippen LogP contribution in [0.5, 0.6) is 11.5 Å². The summed E-state index contributed by atoms with van der Waals surface area (Å²) in [6.07, 6.45) is 3.20. The van der Waals surface area contributed by atoms with Crippen LogP contribution in [0, 0.1) is 0 Å². The number of halogens is 1. The van der Waals surface area contributed by atoms with Gasteiger partial charge in [0, 0.05) is 23.2 Å². The van der Waals surface area contributed by atoms with E-state index in [0.29, 0.717) is 36.8 Å². The van der Waals surface area contributed by atoms with Crippen molar-refractivity contribution in [3.05, 3.63) is 58.1 Å². The Balaban J connectivity index is 1.59. The third-order valence-electron chi connectivity index (χ3n) is 4.62. The fraction of sp³-hybridized carbons (Fsp3) is 0.318. The summed E-state index contributed by atoms with van der Waals surface area (Å²) < 4.78 is 17.7. The zero-order valence-corrected chi connectivity index (χ0v) is 18.7. The average Bonchev–Trinajstić information content (AvgIpc) is 3.31. The number of hydrogen-bond donors (Lipinski definition) is 2. The van der Waals surface area contributed by atoms with Crippen molar-refractivity contribution in [2.24, 2.45) is 5.10 Å². The van der Waals surface area contributed by atoms with Gasteiger partial charge in [0.1, 0.15) is 6.61 Å². The molecule has 0 spiro atoms. The number of para-hydroxylation sites is 1. The molecule has 1 saturated heterocycles. The first kappa shape index (κ1) is 22.8. The van der Waals surface area contributed by atoms with E-state index in [1.165, 1.54) is 6.21 Å². The molecule has 9 heteroatoms. The van der Waals surface area contributed by atoms with Gasteiger partial charge in [-0.05, 0) is 42.7 Å². The molecule has 1 atom stereocenters. The fourth-order valence-corrected chi connectivity index (χ4v) is 3.25. The third kappa shape index (κ3) is 6.80. The van der Waals surface area contributed by atoms with E-state index in [4.69, 9.17) is 14.2 Å². The lowest BCUT2D eigenvalue weighted by molar-refractivity contribution is -0.139. The van der Waals surface area contributed by atoms with Gasteiger partial charge >= 0.3 is 11.8 Å².